The summed E-state index contributed by atoms with van der Waals surface area (Å²) in [6, 6.07) is 3.46. The monoisotopic (exact) mass is 343 g/mol. The largest absolute Gasteiger partial charge is 0.361 e. The SMILES string of the molecule is CCCOCN1COCN(Cc2ccc(Cl)nc2)C1=N[N+](=O)[O-]. The van der Waals surface area contributed by atoms with E-state index >= 15 is 0 Å². The molecule has 1 aromatic rings. The average molecular weight is 344 g/mol. The highest BCUT2D eigenvalue weighted by Crippen LogP contribution is 2.14. The molecule has 126 valence electrons. The van der Waals surface area contributed by atoms with E-state index in [1.165, 1.54) is 0 Å². The van der Waals surface area contributed by atoms with E-state index in [2.05, 4.69) is 10.1 Å². The molecule has 0 unspecified atom stereocenters. The van der Waals surface area contributed by atoms with Crippen molar-refractivity contribution in [2.45, 2.75) is 19.9 Å². The van der Waals surface area contributed by atoms with E-state index in [1.807, 2.05) is 6.92 Å². The molecule has 2 heterocycles. The maximum absolute atomic E-state index is 10.8. The van der Waals surface area contributed by atoms with E-state index < -0.39 is 5.03 Å². The van der Waals surface area contributed by atoms with Crippen LogP contribution in [0.2, 0.25) is 5.15 Å². The van der Waals surface area contributed by atoms with Gasteiger partial charge in [0.25, 0.3) is 5.96 Å². The number of hydrazone groups is 1. The highest BCUT2D eigenvalue weighted by atomic mass is 35.5. The molecule has 0 saturated carbocycles. The third-order valence-electron chi connectivity index (χ3n) is 2.99. The van der Waals surface area contributed by atoms with Crippen LogP contribution >= 0.6 is 11.6 Å². The summed E-state index contributed by atoms with van der Waals surface area (Å²) in [7, 11) is 0. The molecule has 1 saturated heterocycles. The maximum atomic E-state index is 10.8. The second-order valence-electron chi connectivity index (χ2n) is 4.86. The van der Waals surface area contributed by atoms with E-state index in [0.717, 1.165) is 12.0 Å². The van der Waals surface area contributed by atoms with Gasteiger partial charge in [-0.15, -0.1) is 0 Å². The van der Waals surface area contributed by atoms with Crippen molar-refractivity contribution in [2.75, 3.05) is 26.8 Å². The highest BCUT2D eigenvalue weighted by Gasteiger charge is 2.27. The van der Waals surface area contributed by atoms with Gasteiger partial charge >= 0.3 is 0 Å². The highest BCUT2D eigenvalue weighted by molar-refractivity contribution is 6.29. The van der Waals surface area contributed by atoms with Gasteiger partial charge in [-0.2, -0.15) is 0 Å². The molecule has 1 aliphatic heterocycles. The second kappa shape index (κ2) is 8.61. The number of hydrogen-bond acceptors (Lipinski definition) is 5. The number of nitro groups is 1. The van der Waals surface area contributed by atoms with E-state index in [0.29, 0.717) is 18.3 Å². The van der Waals surface area contributed by atoms with Gasteiger partial charge in [0, 0.05) is 19.3 Å². The molecule has 0 amide bonds. The van der Waals surface area contributed by atoms with Crippen molar-refractivity contribution < 1.29 is 14.5 Å². The van der Waals surface area contributed by atoms with Crippen molar-refractivity contribution in [3.8, 4) is 0 Å². The summed E-state index contributed by atoms with van der Waals surface area (Å²) in [5.74, 6) is 0.201. The third kappa shape index (κ3) is 5.31. The van der Waals surface area contributed by atoms with Gasteiger partial charge in [0.2, 0.25) is 0 Å². The lowest BCUT2D eigenvalue weighted by Crippen LogP contribution is -2.52. The smallest absolute Gasteiger partial charge is 0.279 e. The Kier molecular flexibility index (Phi) is 6.51. The van der Waals surface area contributed by atoms with Crippen molar-refractivity contribution in [1.29, 1.82) is 0 Å². The van der Waals surface area contributed by atoms with Crippen LogP contribution in [0.1, 0.15) is 18.9 Å². The summed E-state index contributed by atoms with van der Waals surface area (Å²) in [5, 5.41) is 14.0. The van der Waals surface area contributed by atoms with Crippen molar-refractivity contribution in [2.24, 2.45) is 5.10 Å². The number of halogens is 1. The van der Waals surface area contributed by atoms with Crippen LogP contribution < -0.4 is 0 Å². The van der Waals surface area contributed by atoms with Crippen LogP contribution in [0.15, 0.2) is 23.4 Å². The Labute approximate surface area is 138 Å². The zero-order valence-electron chi connectivity index (χ0n) is 12.7. The molecule has 1 aromatic heterocycles. The lowest BCUT2D eigenvalue weighted by Gasteiger charge is -2.36. The van der Waals surface area contributed by atoms with E-state index in [1.54, 1.807) is 28.1 Å². The first-order chi connectivity index (χ1) is 11.1. The number of aromatic nitrogens is 1. The van der Waals surface area contributed by atoms with Crippen LogP contribution in [0.4, 0.5) is 0 Å². The van der Waals surface area contributed by atoms with Crippen LogP contribution in [0.3, 0.4) is 0 Å². The topological polar surface area (TPSA) is 93.3 Å². The number of rotatable bonds is 7. The Bertz CT molecular complexity index is 554. The fraction of sp³-hybridized carbons (Fsp3) is 0.538. The first-order valence-corrected chi connectivity index (χ1v) is 7.46. The van der Waals surface area contributed by atoms with Gasteiger partial charge in [0.05, 0.1) is 0 Å². The number of hydrogen-bond donors (Lipinski definition) is 0. The van der Waals surface area contributed by atoms with Crippen LogP contribution in [0.25, 0.3) is 0 Å². The third-order valence-corrected chi connectivity index (χ3v) is 3.21. The minimum Gasteiger partial charge on any atom is -0.361 e. The molecular formula is C13H18ClN5O4. The fourth-order valence-electron chi connectivity index (χ4n) is 2.03. The first-order valence-electron chi connectivity index (χ1n) is 7.09. The predicted molar refractivity (Wildman–Crippen MR) is 83.0 cm³/mol. The Morgan fingerprint density at radius 2 is 2.26 bits per heavy atom. The van der Waals surface area contributed by atoms with Gasteiger partial charge < -0.3 is 14.4 Å². The lowest BCUT2D eigenvalue weighted by atomic mass is 10.3. The summed E-state index contributed by atoms with van der Waals surface area (Å²) >= 11 is 5.76. The number of ether oxygens (including phenoxy) is 2. The lowest BCUT2D eigenvalue weighted by molar-refractivity contribution is -0.487. The molecule has 0 bridgehead atoms. The Morgan fingerprint density at radius 1 is 1.48 bits per heavy atom. The molecule has 0 aromatic carbocycles. The zero-order valence-corrected chi connectivity index (χ0v) is 13.5. The van der Waals surface area contributed by atoms with Crippen molar-refractivity contribution in [1.82, 2.24) is 14.8 Å². The van der Waals surface area contributed by atoms with E-state index in [-0.39, 0.29) is 26.2 Å². The summed E-state index contributed by atoms with van der Waals surface area (Å²) in [6.45, 7) is 3.46. The van der Waals surface area contributed by atoms with Crippen LogP contribution in [0.5, 0.6) is 0 Å². The maximum Gasteiger partial charge on any atom is 0.279 e. The summed E-state index contributed by atoms with van der Waals surface area (Å²) in [4.78, 5) is 18.1. The quantitative estimate of drug-likeness (QED) is 0.322. The number of guanidine groups is 1. The minimum atomic E-state index is -0.722. The standard InChI is InChI=1S/C13H18ClN5O4/c1-2-5-22-9-18-10-23-8-17(13(18)16-19(20)21)7-11-3-4-12(14)15-6-11/h3-4,6H,2,5,7-10H2,1H3. The van der Waals surface area contributed by atoms with E-state index in [4.69, 9.17) is 21.1 Å². The predicted octanol–water partition coefficient (Wildman–Crippen LogP) is 1.72. The van der Waals surface area contributed by atoms with Gasteiger partial charge in [-0.25, -0.2) is 15.1 Å². The molecule has 1 aliphatic rings. The molecule has 0 spiro atoms. The molecule has 0 atom stereocenters. The van der Waals surface area contributed by atoms with Gasteiger partial charge in [-0.05, 0) is 18.1 Å². The van der Waals surface area contributed by atoms with Gasteiger partial charge in [0.15, 0.2) is 5.03 Å². The van der Waals surface area contributed by atoms with Crippen molar-refractivity contribution in [3.05, 3.63) is 39.2 Å². The van der Waals surface area contributed by atoms with Gasteiger partial charge in [-0.3, -0.25) is 4.90 Å². The Hall–Kier alpha value is -1.97. The van der Waals surface area contributed by atoms with Crippen LogP contribution in [-0.4, -0.2) is 52.6 Å². The molecule has 10 heteroatoms. The van der Waals surface area contributed by atoms with Gasteiger partial charge in [0.1, 0.15) is 30.4 Å². The van der Waals surface area contributed by atoms with Crippen molar-refractivity contribution >= 4 is 17.6 Å². The summed E-state index contributed by atoms with van der Waals surface area (Å²) < 4.78 is 10.9. The number of pyridine rings is 1. The zero-order chi connectivity index (χ0) is 16.7. The number of nitrogens with zero attached hydrogens (tertiary/aromatic N) is 5. The second-order valence-corrected chi connectivity index (χ2v) is 5.25. The van der Waals surface area contributed by atoms with E-state index in [9.17, 15) is 10.1 Å². The Balaban J connectivity index is 2.11. The normalized spacial score (nSPS) is 16.9. The first kappa shape index (κ1) is 17.4. The molecule has 9 nitrogen and oxygen atoms in total. The summed E-state index contributed by atoms with van der Waals surface area (Å²) in [6.07, 6.45) is 2.47. The molecule has 23 heavy (non-hydrogen) atoms. The fourth-order valence-corrected chi connectivity index (χ4v) is 2.14. The molecular weight excluding hydrogens is 326 g/mol. The molecule has 0 radical (unpaired) electrons. The average Bonchev–Trinajstić information content (AvgIpc) is 2.52. The van der Waals surface area contributed by atoms with Crippen molar-refractivity contribution in [3.63, 3.8) is 0 Å². The molecule has 1 fully saturated rings. The van der Waals surface area contributed by atoms with Crippen LogP contribution in [-0.2, 0) is 16.0 Å². The molecule has 2 rings (SSSR count). The molecule has 0 N–H and O–H groups in total. The van der Waals surface area contributed by atoms with Crippen LogP contribution in [0, 0.1) is 10.1 Å². The minimum absolute atomic E-state index is 0.176. The molecule has 0 aliphatic carbocycles. The van der Waals surface area contributed by atoms with Gasteiger partial charge in [-0.1, -0.05) is 24.6 Å². The summed E-state index contributed by atoms with van der Waals surface area (Å²) in [5.41, 5.74) is 0.838. The Morgan fingerprint density at radius 3 is 2.91 bits per heavy atom.